The monoisotopic (exact) mass is 380 g/mol. The van der Waals surface area contributed by atoms with Gasteiger partial charge in [-0.15, -0.1) is 0 Å². The lowest BCUT2D eigenvalue weighted by atomic mass is 9.96. The van der Waals surface area contributed by atoms with Gasteiger partial charge in [0.1, 0.15) is 0 Å². The minimum atomic E-state index is -0.511. The van der Waals surface area contributed by atoms with Gasteiger partial charge in [0.25, 0.3) is 0 Å². The molecule has 2 rings (SSSR count). The number of allylic oxidation sites excluding steroid dienone is 1. The van der Waals surface area contributed by atoms with E-state index >= 15 is 0 Å². The quantitative estimate of drug-likeness (QED) is 0.765. The van der Waals surface area contributed by atoms with E-state index in [9.17, 15) is 9.59 Å². The van der Waals surface area contributed by atoms with Gasteiger partial charge in [-0.25, -0.2) is 9.59 Å². The van der Waals surface area contributed by atoms with E-state index in [-0.39, 0.29) is 6.03 Å². The van der Waals surface area contributed by atoms with Crippen molar-refractivity contribution in [1.82, 2.24) is 10.6 Å². The van der Waals surface area contributed by atoms with E-state index in [0.29, 0.717) is 23.8 Å². The molecule has 1 aliphatic heterocycles. The second-order valence-electron chi connectivity index (χ2n) is 5.94. The average molecular weight is 381 g/mol. The first kappa shape index (κ1) is 17.5. The lowest BCUT2D eigenvalue weighted by molar-refractivity contribution is -0.139. The van der Waals surface area contributed by atoms with Crippen LogP contribution in [0, 0.1) is 5.92 Å². The number of nitrogens with one attached hydrogen (secondary N) is 2. The fraction of sp³-hybridized carbons (Fsp3) is 0.412. The van der Waals surface area contributed by atoms with Crippen molar-refractivity contribution in [2.75, 3.05) is 6.61 Å². The van der Waals surface area contributed by atoms with Crippen molar-refractivity contribution in [1.29, 1.82) is 0 Å². The van der Waals surface area contributed by atoms with Crippen LogP contribution in [0.15, 0.2) is 40.0 Å². The van der Waals surface area contributed by atoms with Crippen LogP contribution in [0.25, 0.3) is 0 Å². The summed E-state index contributed by atoms with van der Waals surface area (Å²) in [6, 6.07) is 6.66. The fourth-order valence-electron chi connectivity index (χ4n) is 2.33. The summed E-state index contributed by atoms with van der Waals surface area (Å²) in [7, 11) is 0. The van der Waals surface area contributed by atoms with Crippen LogP contribution in [-0.2, 0) is 9.53 Å². The van der Waals surface area contributed by atoms with Crippen molar-refractivity contribution < 1.29 is 14.3 Å². The fourth-order valence-corrected chi connectivity index (χ4v) is 2.60. The van der Waals surface area contributed by atoms with Crippen molar-refractivity contribution in [2.45, 2.75) is 33.2 Å². The maximum Gasteiger partial charge on any atom is 0.338 e. The molecule has 1 atom stereocenters. The molecule has 0 fully saturated rings. The molecule has 5 nitrogen and oxygen atoms in total. The smallest absolute Gasteiger partial charge is 0.338 e. The Bertz CT molecular complexity index is 623. The molecule has 0 saturated carbocycles. The maximum atomic E-state index is 12.5. The van der Waals surface area contributed by atoms with E-state index in [1.54, 1.807) is 6.92 Å². The van der Waals surface area contributed by atoms with E-state index in [2.05, 4.69) is 40.4 Å². The summed E-state index contributed by atoms with van der Waals surface area (Å²) in [6.07, 6.45) is 0.806. The van der Waals surface area contributed by atoms with Crippen molar-refractivity contribution in [3.63, 3.8) is 0 Å². The standard InChI is InChI=1S/C17H21BrN2O3/c1-10(2)8-9-23-16(21)14-11(3)19-17(22)20-15(14)12-4-6-13(18)7-5-12/h4-7,10,15H,8-9H2,1-3H3,(H2,19,20,22)/t15-/m1/s1. The number of esters is 1. The van der Waals surface area contributed by atoms with Gasteiger partial charge in [0.05, 0.1) is 18.2 Å². The molecule has 1 heterocycles. The molecule has 124 valence electrons. The van der Waals surface area contributed by atoms with Gasteiger partial charge in [-0.1, -0.05) is 41.9 Å². The number of carbonyl (C=O) groups is 2. The molecule has 0 aromatic heterocycles. The van der Waals surface area contributed by atoms with Crippen LogP contribution in [-0.4, -0.2) is 18.6 Å². The summed E-state index contributed by atoms with van der Waals surface area (Å²) in [5.41, 5.74) is 1.80. The summed E-state index contributed by atoms with van der Waals surface area (Å²) in [5.74, 6) is 0.0629. The van der Waals surface area contributed by atoms with Crippen molar-refractivity contribution in [2.24, 2.45) is 5.92 Å². The number of amides is 2. The Morgan fingerprint density at radius 3 is 2.57 bits per heavy atom. The minimum absolute atomic E-state index is 0.325. The molecule has 0 saturated heterocycles. The third-order valence-electron chi connectivity index (χ3n) is 3.62. The van der Waals surface area contributed by atoms with Gasteiger partial charge < -0.3 is 15.4 Å². The van der Waals surface area contributed by atoms with Crippen LogP contribution < -0.4 is 10.6 Å². The molecule has 0 radical (unpaired) electrons. The highest BCUT2D eigenvalue weighted by atomic mass is 79.9. The zero-order valence-corrected chi connectivity index (χ0v) is 15.1. The molecule has 23 heavy (non-hydrogen) atoms. The first-order valence-electron chi connectivity index (χ1n) is 7.59. The Kier molecular flexibility index (Phi) is 5.82. The maximum absolute atomic E-state index is 12.5. The predicted molar refractivity (Wildman–Crippen MR) is 91.7 cm³/mol. The number of hydrogen-bond donors (Lipinski definition) is 2. The van der Waals surface area contributed by atoms with E-state index in [0.717, 1.165) is 16.5 Å². The number of benzene rings is 1. The number of rotatable bonds is 5. The Balaban J connectivity index is 2.24. The van der Waals surface area contributed by atoms with Crippen molar-refractivity contribution in [3.05, 3.63) is 45.6 Å². The summed E-state index contributed by atoms with van der Waals surface area (Å²) in [6.45, 7) is 6.23. The number of carbonyl (C=O) groups excluding carboxylic acids is 2. The van der Waals surface area contributed by atoms with Crippen LogP contribution in [0.2, 0.25) is 0 Å². The second-order valence-corrected chi connectivity index (χ2v) is 6.86. The van der Waals surface area contributed by atoms with Crippen LogP contribution in [0.5, 0.6) is 0 Å². The number of urea groups is 1. The number of hydrogen-bond acceptors (Lipinski definition) is 3. The minimum Gasteiger partial charge on any atom is -0.462 e. The van der Waals surface area contributed by atoms with E-state index in [1.807, 2.05) is 24.3 Å². The van der Waals surface area contributed by atoms with Gasteiger partial charge in [0, 0.05) is 10.2 Å². The lowest BCUT2D eigenvalue weighted by Crippen LogP contribution is -2.45. The number of halogens is 1. The van der Waals surface area contributed by atoms with Crippen LogP contribution in [0.4, 0.5) is 4.79 Å². The average Bonchev–Trinajstić information content (AvgIpc) is 2.46. The van der Waals surface area contributed by atoms with Crippen LogP contribution in [0.1, 0.15) is 38.8 Å². The van der Waals surface area contributed by atoms with Crippen LogP contribution in [0.3, 0.4) is 0 Å². The second kappa shape index (κ2) is 7.64. The molecule has 6 heteroatoms. The highest BCUT2D eigenvalue weighted by Gasteiger charge is 2.32. The van der Waals surface area contributed by atoms with Gasteiger partial charge in [-0.05, 0) is 37.0 Å². The molecule has 2 N–H and O–H groups in total. The number of ether oxygens (including phenoxy) is 1. The summed E-state index contributed by atoms with van der Waals surface area (Å²) in [5, 5.41) is 5.43. The highest BCUT2D eigenvalue weighted by Crippen LogP contribution is 2.28. The predicted octanol–water partition coefficient (Wildman–Crippen LogP) is 3.67. The Morgan fingerprint density at radius 2 is 1.96 bits per heavy atom. The molecule has 0 spiro atoms. The van der Waals surface area contributed by atoms with Gasteiger partial charge in [-0.3, -0.25) is 0 Å². The zero-order chi connectivity index (χ0) is 17.0. The first-order chi connectivity index (χ1) is 10.9. The van der Waals surface area contributed by atoms with Crippen LogP contribution >= 0.6 is 15.9 Å². The van der Waals surface area contributed by atoms with Gasteiger partial charge >= 0.3 is 12.0 Å². The molecular formula is C17H21BrN2O3. The molecule has 2 amide bonds. The molecule has 1 aliphatic rings. The molecule has 0 bridgehead atoms. The normalized spacial score (nSPS) is 17.8. The Hall–Kier alpha value is -1.82. The highest BCUT2D eigenvalue weighted by molar-refractivity contribution is 9.10. The van der Waals surface area contributed by atoms with Gasteiger partial charge in [-0.2, -0.15) is 0 Å². The third-order valence-corrected chi connectivity index (χ3v) is 4.15. The van der Waals surface area contributed by atoms with E-state index in [4.69, 9.17) is 4.74 Å². The van der Waals surface area contributed by atoms with Gasteiger partial charge in [0.15, 0.2) is 0 Å². The summed E-state index contributed by atoms with van der Waals surface area (Å²) in [4.78, 5) is 24.2. The Labute approximate surface area is 144 Å². The first-order valence-corrected chi connectivity index (χ1v) is 8.38. The van der Waals surface area contributed by atoms with Gasteiger partial charge in [0.2, 0.25) is 0 Å². The van der Waals surface area contributed by atoms with E-state index in [1.165, 1.54) is 0 Å². The molecule has 1 aromatic rings. The van der Waals surface area contributed by atoms with Crippen molar-refractivity contribution >= 4 is 27.9 Å². The SMILES string of the molecule is CC1=C(C(=O)OCCC(C)C)[C@@H](c2ccc(Br)cc2)NC(=O)N1. The molecule has 0 unspecified atom stereocenters. The Morgan fingerprint density at radius 1 is 1.30 bits per heavy atom. The topological polar surface area (TPSA) is 67.4 Å². The molecular weight excluding hydrogens is 360 g/mol. The third kappa shape index (κ3) is 4.58. The largest absolute Gasteiger partial charge is 0.462 e. The lowest BCUT2D eigenvalue weighted by Gasteiger charge is -2.28. The van der Waals surface area contributed by atoms with Crippen molar-refractivity contribution in [3.8, 4) is 0 Å². The van der Waals surface area contributed by atoms with E-state index < -0.39 is 12.0 Å². The summed E-state index contributed by atoms with van der Waals surface area (Å²) < 4.78 is 6.31. The zero-order valence-electron chi connectivity index (χ0n) is 13.5. The molecule has 1 aromatic carbocycles. The summed E-state index contributed by atoms with van der Waals surface area (Å²) >= 11 is 3.38. The molecule has 0 aliphatic carbocycles.